The maximum Gasteiger partial charge on any atom is 0.340 e. The molecular weight excluding hydrogens is 328 g/mol. The van der Waals surface area contributed by atoms with Crippen LogP contribution in [0.5, 0.6) is 0 Å². The average Bonchev–Trinajstić information content (AvgIpc) is 2.85. The summed E-state index contributed by atoms with van der Waals surface area (Å²) in [4.78, 5) is 11.8. The van der Waals surface area contributed by atoms with Crippen LogP contribution in [0.25, 0.3) is 0 Å². The molecule has 1 heterocycles. The van der Waals surface area contributed by atoms with E-state index in [0.29, 0.717) is 12.0 Å². The summed E-state index contributed by atoms with van der Waals surface area (Å²) in [5.74, 6) is -1.82. The maximum absolute atomic E-state index is 11.8. The summed E-state index contributed by atoms with van der Waals surface area (Å²) in [5, 5.41) is 10.1. The number of carbonyl (C=O) groups excluding carboxylic acids is 1. The first-order valence-electron chi connectivity index (χ1n) is 10.4. The van der Waals surface area contributed by atoms with E-state index in [1.807, 2.05) is 0 Å². The summed E-state index contributed by atoms with van der Waals surface area (Å²) in [5.41, 5.74) is 0.369. The zero-order valence-electron chi connectivity index (χ0n) is 17.0. The van der Waals surface area contributed by atoms with Gasteiger partial charge in [-0.05, 0) is 38.5 Å². The van der Waals surface area contributed by atoms with Gasteiger partial charge in [0.1, 0.15) is 0 Å². The molecule has 0 bridgehead atoms. The molecule has 1 aliphatic rings. The lowest BCUT2D eigenvalue weighted by atomic mass is 10.0. The number of carbonyl (C=O) groups is 1. The molecule has 0 saturated carbocycles. The molecule has 0 saturated heterocycles. The number of esters is 1. The third-order valence-corrected chi connectivity index (χ3v) is 5.08. The highest BCUT2D eigenvalue weighted by atomic mass is 16.7. The van der Waals surface area contributed by atoms with Gasteiger partial charge < -0.3 is 14.6 Å². The molecule has 26 heavy (non-hydrogen) atoms. The summed E-state index contributed by atoms with van der Waals surface area (Å²) < 4.78 is 10.2. The normalized spacial score (nSPS) is 20.3. The molecule has 1 atom stereocenters. The van der Waals surface area contributed by atoms with E-state index in [9.17, 15) is 9.90 Å². The van der Waals surface area contributed by atoms with Gasteiger partial charge >= 0.3 is 5.97 Å². The van der Waals surface area contributed by atoms with Gasteiger partial charge in [0.2, 0.25) is 0 Å². The fourth-order valence-electron chi connectivity index (χ4n) is 3.21. The van der Waals surface area contributed by atoms with Crippen LogP contribution in [-0.4, -0.2) is 24.0 Å². The van der Waals surface area contributed by atoms with E-state index in [2.05, 4.69) is 19.1 Å². The standard InChI is InChI=1S/C22H38O4/c1-4-5-6-7-8-9-10-11-12-13-14-15-16-17-18-19-20(23)22(2,25-3)26-21(19)24/h11-12,23H,4-10,13-18H2,1-3H3. The quantitative estimate of drug-likeness (QED) is 0.208. The molecule has 0 radical (unpaired) electrons. The molecule has 0 aromatic carbocycles. The van der Waals surface area contributed by atoms with Crippen molar-refractivity contribution in [2.75, 3.05) is 7.11 Å². The van der Waals surface area contributed by atoms with Crippen molar-refractivity contribution in [1.82, 2.24) is 0 Å². The van der Waals surface area contributed by atoms with Crippen molar-refractivity contribution >= 4 is 5.97 Å². The number of aliphatic hydroxyl groups is 1. The third kappa shape index (κ3) is 7.94. The molecule has 1 aliphatic heterocycles. The van der Waals surface area contributed by atoms with E-state index in [0.717, 1.165) is 25.7 Å². The molecule has 0 spiro atoms. The van der Waals surface area contributed by atoms with Crippen LogP contribution in [0.2, 0.25) is 0 Å². The van der Waals surface area contributed by atoms with Gasteiger partial charge in [0.25, 0.3) is 5.79 Å². The minimum Gasteiger partial charge on any atom is -0.506 e. The fraction of sp³-hybridized carbons (Fsp3) is 0.773. The minimum absolute atomic E-state index is 0.0670. The molecular formula is C22H38O4. The molecule has 1 unspecified atom stereocenters. The Morgan fingerprint density at radius 1 is 0.962 bits per heavy atom. The van der Waals surface area contributed by atoms with Crippen molar-refractivity contribution in [3.05, 3.63) is 23.5 Å². The van der Waals surface area contributed by atoms with Gasteiger partial charge in [-0.3, -0.25) is 0 Å². The number of hydrogen-bond acceptors (Lipinski definition) is 4. The molecule has 1 N–H and O–H groups in total. The Balaban J connectivity index is 2.01. The zero-order valence-corrected chi connectivity index (χ0v) is 17.0. The lowest BCUT2D eigenvalue weighted by Crippen LogP contribution is -2.30. The van der Waals surface area contributed by atoms with Crippen LogP contribution in [-0.2, 0) is 14.3 Å². The smallest absolute Gasteiger partial charge is 0.340 e. The van der Waals surface area contributed by atoms with Gasteiger partial charge in [0, 0.05) is 14.0 Å². The number of hydrogen-bond donors (Lipinski definition) is 1. The molecule has 150 valence electrons. The van der Waals surface area contributed by atoms with Gasteiger partial charge in [0.05, 0.1) is 5.57 Å². The topological polar surface area (TPSA) is 55.8 Å². The lowest BCUT2D eigenvalue weighted by molar-refractivity contribution is -0.193. The number of unbranched alkanes of at least 4 members (excludes halogenated alkanes) is 10. The van der Waals surface area contributed by atoms with Crippen molar-refractivity contribution in [2.24, 2.45) is 0 Å². The van der Waals surface area contributed by atoms with Crippen LogP contribution in [0.15, 0.2) is 23.5 Å². The molecule has 0 fully saturated rings. The van der Waals surface area contributed by atoms with Crippen LogP contribution < -0.4 is 0 Å². The third-order valence-electron chi connectivity index (χ3n) is 5.08. The highest BCUT2D eigenvalue weighted by molar-refractivity contribution is 5.92. The highest BCUT2D eigenvalue weighted by Gasteiger charge is 2.44. The SMILES string of the molecule is CCCCCCCCC=CCCCCCCC1=C(O)C(C)(OC)OC1=O. The first kappa shape index (κ1) is 22.8. The number of aliphatic hydroxyl groups excluding tert-OH is 1. The van der Waals surface area contributed by atoms with Crippen LogP contribution in [0.3, 0.4) is 0 Å². The van der Waals surface area contributed by atoms with Crippen LogP contribution in [0, 0.1) is 0 Å². The fourth-order valence-corrected chi connectivity index (χ4v) is 3.21. The monoisotopic (exact) mass is 366 g/mol. The van der Waals surface area contributed by atoms with Gasteiger partial charge in [-0.1, -0.05) is 64.0 Å². The molecule has 0 aromatic rings. The predicted octanol–water partition coefficient (Wildman–Crippen LogP) is 6.37. The number of ether oxygens (including phenoxy) is 2. The summed E-state index contributed by atoms with van der Waals surface area (Å²) in [6.45, 7) is 3.81. The molecule has 0 amide bonds. The van der Waals surface area contributed by atoms with Crippen LogP contribution in [0.4, 0.5) is 0 Å². The van der Waals surface area contributed by atoms with E-state index >= 15 is 0 Å². The van der Waals surface area contributed by atoms with Crippen molar-refractivity contribution in [3.8, 4) is 0 Å². The van der Waals surface area contributed by atoms with E-state index < -0.39 is 11.8 Å². The van der Waals surface area contributed by atoms with E-state index in [4.69, 9.17) is 9.47 Å². The number of cyclic esters (lactones) is 1. The number of rotatable bonds is 15. The second-order valence-electron chi connectivity index (χ2n) is 7.35. The molecule has 4 heteroatoms. The summed E-state index contributed by atoms with van der Waals surface area (Å²) in [6.07, 6.45) is 19.9. The highest BCUT2D eigenvalue weighted by Crippen LogP contribution is 2.33. The van der Waals surface area contributed by atoms with E-state index in [-0.39, 0.29) is 5.76 Å². The van der Waals surface area contributed by atoms with Gasteiger partial charge in [0.15, 0.2) is 5.76 Å². The van der Waals surface area contributed by atoms with Crippen LogP contribution in [0.1, 0.15) is 97.3 Å². The van der Waals surface area contributed by atoms with Gasteiger partial charge in [-0.15, -0.1) is 0 Å². The predicted molar refractivity (Wildman–Crippen MR) is 106 cm³/mol. The molecule has 0 aliphatic carbocycles. The Bertz CT molecular complexity index is 467. The van der Waals surface area contributed by atoms with Crippen molar-refractivity contribution in [3.63, 3.8) is 0 Å². The number of allylic oxidation sites excluding steroid dienone is 2. The lowest BCUT2D eigenvalue weighted by Gasteiger charge is -2.20. The van der Waals surface area contributed by atoms with Crippen molar-refractivity contribution in [1.29, 1.82) is 0 Å². The Morgan fingerprint density at radius 2 is 1.50 bits per heavy atom. The van der Waals surface area contributed by atoms with Crippen molar-refractivity contribution < 1.29 is 19.4 Å². The Labute approximate surface area is 159 Å². The second-order valence-corrected chi connectivity index (χ2v) is 7.35. The first-order chi connectivity index (χ1) is 12.5. The van der Waals surface area contributed by atoms with Gasteiger partial charge in [-0.2, -0.15) is 0 Å². The summed E-state index contributed by atoms with van der Waals surface area (Å²) >= 11 is 0. The maximum atomic E-state index is 11.8. The van der Waals surface area contributed by atoms with Crippen molar-refractivity contribution in [2.45, 2.75) is 103 Å². The average molecular weight is 367 g/mol. The Morgan fingerprint density at radius 3 is 2.04 bits per heavy atom. The summed E-state index contributed by atoms with van der Waals surface area (Å²) in [6, 6.07) is 0. The zero-order chi connectivity index (χ0) is 19.3. The summed E-state index contributed by atoms with van der Waals surface area (Å²) in [7, 11) is 1.42. The molecule has 1 rings (SSSR count). The first-order valence-corrected chi connectivity index (χ1v) is 10.4. The molecule has 4 nitrogen and oxygen atoms in total. The van der Waals surface area contributed by atoms with E-state index in [1.165, 1.54) is 58.5 Å². The Kier molecular flexibility index (Phi) is 11.3. The number of methoxy groups -OCH3 is 1. The molecule has 0 aromatic heterocycles. The van der Waals surface area contributed by atoms with Gasteiger partial charge in [-0.25, -0.2) is 4.79 Å². The Hall–Kier alpha value is -1.29. The van der Waals surface area contributed by atoms with Crippen LogP contribution >= 0.6 is 0 Å². The van der Waals surface area contributed by atoms with E-state index in [1.54, 1.807) is 6.92 Å². The second kappa shape index (κ2) is 13.0. The largest absolute Gasteiger partial charge is 0.506 e. The minimum atomic E-state index is -1.30.